The standard InChI is InChI=1S/C49H34N2O/c1-49(2)42-19-11-9-17-38(42)41-28-34(22-24-43(41)49)44-30-45(51-48(50-44)32-15-7-4-8-16-32)37-26-35(31-13-5-3-6-14-31)25-36(27-37)33-21-23-40-39-18-10-12-20-46(39)52-47(40)29-33/h3-30H,1-2H3. The van der Waals surface area contributed by atoms with Crippen LogP contribution in [-0.2, 0) is 5.41 Å². The van der Waals surface area contributed by atoms with Crippen LogP contribution < -0.4 is 0 Å². The molecule has 9 aromatic rings. The van der Waals surface area contributed by atoms with Crippen molar-refractivity contribution in [3.63, 3.8) is 0 Å². The van der Waals surface area contributed by atoms with Crippen molar-refractivity contribution in [3.8, 4) is 67.3 Å². The summed E-state index contributed by atoms with van der Waals surface area (Å²) in [7, 11) is 0. The Bertz CT molecular complexity index is 2810. The van der Waals surface area contributed by atoms with Crippen LogP contribution in [0.15, 0.2) is 174 Å². The first-order valence-corrected chi connectivity index (χ1v) is 17.8. The molecule has 0 aliphatic heterocycles. The van der Waals surface area contributed by atoms with Crippen molar-refractivity contribution >= 4 is 21.9 Å². The lowest BCUT2D eigenvalue weighted by molar-refractivity contribution is 0.660. The molecule has 0 bridgehead atoms. The summed E-state index contributed by atoms with van der Waals surface area (Å²) in [4.78, 5) is 10.5. The highest BCUT2D eigenvalue weighted by Gasteiger charge is 2.35. The van der Waals surface area contributed by atoms with Crippen molar-refractivity contribution in [1.82, 2.24) is 9.97 Å². The van der Waals surface area contributed by atoms with Gasteiger partial charge < -0.3 is 4.42 Å². The second-order valence-corrected chi connectivity index (χ2v) is 14.2. The molecule has 2 aromatic heterocycles. The van der Waals surface area contributed by atoms with Gasteiger partial charge in [-0.25, -0.2) is 9.97 Å². The Hall–Kier alpha value is -6.58. The summed E-state index contributed by atoms with van der Waals surface area (Å²) in [5.74, 6) is 0.699. The molecule has 3 nitrogen and oxygen atoms in total. The van der Waals surface area contributed by atoms with Gasteiger partial charge in [-0.2, -0.15) is 0 Å². The Kier molecular flexibility index (Phi) is 6.84. The lowest BCUT2D eigenvalue weighted by atomic mass is 9.82. The van der Waals surface area contributed by atoms with Crippen LogP contribution in [0.4, 0.5) is 0 Å². The molecule has 52 heavy (non-hydrogen) atoms. The molecule has 0 amide bonds. The van der Waals surface area contributed by atoms with E-state index in [2.05, 4.69) is 153 Å². The predicted molar refractivity (Wildman–Crippen MR) is 214 cm³/mol. The van der Waals surface area contributed by atoms with Gasteiger partial charge in [-0.15, -0.1) is 0 Å². The van der Waals surface area contributed by atoms with E-state index in [0.29, 0.717) is 5.82 Å². The summed E-state index contributed by atoms with van der Waals surface area (Å²) in [5, 5.41) is 2.25. The van der Waals surface area contributed by atoms with E-state index in [0.717, 1.165) is 72.3 Å². The van der Waals surface area contributed by atoms with Crippen molar-refractivity contribution in [2.75, 3.05) is 0 Å². The first-order valence-electron chi connectivity index (χ1n) is 17.8. The highest BCUT2D eigenvalue weighted by Crippen LogP contribution is 2.49. The molecule has 0 saturated heterocycles. The summed E-state index contributed by atoms with van der Waals surface area (Å²) < 4.78 is 6.32. The van der Waals surface area contributed by atoms with E-state index in [9.17, 15) is 0 Å². The molecular weight excluding hydrogens is 633 g/mol. The number of furan rings is 1. The Balaban J connectivity index is 1.17. The van der Waals surface area contributed by atoms with Gasteiger partial charge in [0.05, 0.1) is 11.4 Å². The number of nitrogens with zero attached hydrogens (tertiary/aromatic N) is 2. The Morgan fingerprint density at radius 2 is 0.981 bits per heavy atom. The van der Waals surface area contributed by atoms with Crippen LogP contribution in [0, 0.1) is 0 Å². The lowest BCUT2D eigenvalue weighted by Gasteiger charge is -2.21. The number of rotatable bonds is 5. The summed E-state index contributed by atoms with van der Waals surface area (Å²) in [6.45, 7) is 4.63. The average Bonchev–Trinajstić information content (AvgIpc) is 3.69. The predicted octanol–water partition coefficient (Wildman–Crippen LogP) is 13.0. The zero-order valence-corrected chi connectivity index (χ0v) is 29.0. The van der Waals surface area contributed by atoms with Crippen molar-refractivity contribution in [1.29, 1.82) is 0 Å². The quantitative estimate of drug-likeness (QED) is 0.183. The molecule has 0 spiro atoms. The van der Waals surface area contributed by atoms with E-state index >= 15 is 0 Å². The maximum Gasteiger partial charge on any atom is 0.160 e. The Morgan fingerprint density at radius 3 is 1.79 bits per heavy atom. The first kappa shape index (κ1) is 30.3. The number of hydrogen-bond acceptors (Lipinski definition) is 3. The third-order valence-corrected chi connectivity index (χ3v) is 10.7. The van der Waals surface area contributed by atoms with Crippen LogP contribution in [0.1, 0.15) is 25.0 Å². The van der Waals surface area contributed by atoms with Gasteiger partial charge in [-0.1, -0.05) is 135 Å². The number of hydrogen-bond donors (Lipinski definition) is 0. The van der Waals surface area contributed by atoms with E-state index in [1.54, 1.807) is 0 Å². The summed E-state index contributed by atoms with van der Waals surface area (Å²) >= 11 is 0. The molecule has 0 fully saturated rings. The largest absolute Gasteiger partial charge is 0.456 e. The molecule has 10 rings (SSSR count). The maximum absolute atomic E-state index is 6.32. The van der Waals surface area contributed by atoms with E-state index in [1.165, 1.54) is 22.3 Å². The van der Waals surface area contributed by atoms with Crippen LogP contribution >= 0.6 is 0 Å². The summed E-state index contributed by atoms with van der Waals surface area (Å²) in [6.07, 6.45) is 0. The number of para-hydroxylation sites is 1. The molecule has 1 aliphatic rings. The van der Waals surface area contributed by atoms with Crippen LogP contribution in [0.5, 0.6) is 0 Å². The molecular formula is C49H34N2O. The minimum Gasteiger partial charge on any atom is -0.456 e. The van der Waals surface area contributed by atoms with E-state index < -0.39 is 0 Å². The van der Waals surface area contributed by atoms with Crippen molar-refractivity contribution < 1.29 is 4.42 Å². The number of benzene rings is 7. The van der Waals surface area contributed by atoms with Gasteiger partial charge in [0.1, 0.15) is 11.2 Å². The van der Waals surface area contributed by atoms with Crippen LogP contribution in [0.3, 0.4) is 0 Å². The highest BCUT2D eigenvalue weighted by molar-refractivity contribution is 6.06. The minimum absolute atomic E-state index is 0.0594. The smallest absolute Gasteiger partial charge is 0.160 e. The fraction of sp³-hybridized carbons (Fsp3) is 0.0612. The highest BCUT2D eigenvalue weighted by atomic mass is 16.3. The molecule has 2 heterocycles. The van der Waals surface area contributed by atoms with Crippen LogP contribution in [0.25, 0.3) is 89.2 Å². The van der Waals surface area contributed by atoms with Gasteiger partial charge in [0, 0.05) is 32.9 Å². The first-order chi connectivity index (χ1) is 25.5. The van der Waals surface area contributed by atoms with E-state index in [-0.39, 0.29) is 5.41 Å². The third kappa shape index (κ3) is 4.97. The molecule has 1 aliphatic carbocycles. The molecule has 3 heteroatoms. The normalized spacial score (nSPS) is 13.0. The zero-order valence-electron chi connectivity index (χ0n) is 29.0. The van der Waals surface area contributed by atoms with Gasteiger partial charge in [0.2, 0.25) is 0 Å². The van der Waals surface area contributed by atoms with Gasteiger partial charge in [0.15, 0.2) is 5.82 Å². The molecule has 0 atom stereocenters. The van der Waals surface area contributed by atoms with E-state index in [1.807, 2.05) is 30.3 Å². The van der Waals surface area contributed by atoms with Gasteiger partial charge >= 0.3 is 0 Å². The lowest BCUT2D eigenvalue weighted by Crippen LogP contribution is -2.14. The molecule has 7 aromatic carbocycles. The minimum atomic E-state index is -0.0594. The Morgan fingerprint density at radius 1 is 0.385 bits per heavy atom. The number of fused-ring (bicyclic) bond motifs is 6. The van der Waals surface area contributed by atoms with Gasteiger partial charge in [0.25, 0.3) is 0 Å². The van der Waals surface area contributed by atoms with Gasteiger partial charge in [-0.3, -0.25) is 0 Å². The van der Waals surface area contributed by atoms with Crippen LogP contribution in [-0.4, -0.2) is 9.97 Å². The van der Waals surface area contributed by atoms with Crippen molar-refractivity contribution in [3.05, 3.63) is 181 Å². The molecule has 0 N–H and O–H groups in total. The van der Waals surface area contributed by atoms with Crippen molar-refractivity contribution in [2.24, 2.45) is 0 Å². The SMILES string of the molecule is CC1(C)c2ccccc2-c2cc(-c3cc(-c4cc(-c5ccccc5)cc(-c5ccc6c(c5)oc5ccccc56)c4)nc(-c4ccccc4)n3)ccc21. The maximum atomic E-state index is 6.32. The molecule has 0 saturated carbocycles. The average molecular weight is 667 g/mol. The van der Waals surface area contributed by atoms with Gasteiger partial charge in [-0.05, 0) is 93.0 Å². The van der Waals surface area contributed by atoms with Crippen LogP contribution in [0.2, 0.25) is 0 Å². The molecule has 246 valence electrons. The van der Waals surface area contributed by atoms with E-state index in [4.69, 9.17) is 14.4 Å². The monoisotopic (exact) mass is 666 g/mol. The third-order valence-electron chi connectivity index (χ3n) is 10.7. The zero-order chi connectivity index (χ0) is 34.8. The summed E-state index contributed by atoms with van der Waals surface area (Å²) in [6, 6.07) is 60.1. The molecule has 0 radical (unpaired) electrons. The Labute approximate surface area is 302 Å². The second kappa shape index (κ2) is 11.8. The van der Waals surface area contributed by atoms with Crippen molar-refractivity contribution in [2.45, 2.75) is 19.3 Å². The fourth-order valence-electron chi connectivity index (χ4n) is 7.98. The fourth-order valence-corrected chi connectivity index (χ4v) is 7.98. The topological polar surface area (TPSA) is 38.9 Å². The number of aromatic nitrogens is 2. The summed E-state index contributed by atoms with van der Waals surface area (Å²) in [5.41, 5.74) is 16.3. The second-order valence-electron chi connectivity index (χ2n) is 14.2. The molecule has 0 unspecified atom stereocenters.